The van der Waals surface area contributed by atoms with Crippen molar-refractivity contribution in [2.24, 2.45) is 0 Å². The van der Waals surface area contributed by atoms with Crippen molar-refractivity contribution in [3.8, 4) is 5.75 Å². The van der Waals surface area contributed by atoms with Crippen LogP contribution in [-0.4, -0.2) is 25.3 Å². The number of carbonyl (C=O) groups is 2. The van der Waals surface area contributed by atoms with Gasteiger partial charge in [0.15, 0.2) is 0 Å². The Hall–Kier alpha value is -1.84. The van der Waals surface area contributed by atoms with Gasteiger partial charge in [-0.2, -0.15) is 0 Å². The minimum atomic E-state index is -0.612. The maximum absolute atomic E-state index is 11.4. The van der Waals surface area contributed by atoms with Crippen LogP contribution < -0.4 is 10.1 Å². The number of rotatable bonds is 4. The summed E-state index contributed by atoms with van der Waals surface area (Å²) in [5, 5.41) is 2.28. The van der Waals surface area contributed by atoms with Gasteiger partial charge in [-0.25, -0.2) is 0 Å². The molecule has 80 valence electrons. The summed E-state index contributed by atoms with van der Waals surface area (Å²) in [6, 6.07) is 6.48. The predicted molar refractivity (Wildman–Crippen MR) is 56.0 cm³/mol. The molecular formula is C11H13NO3. The maximum Gasteiger partial charge on any atom is 0.292 e. The Balaban J connectivity index is 2.80. The number of likely N-dealkylation sites (N-methyl/N-ethyl adjacent to an activating group) is 1. The molecule has 0 saturated heterocycles. The summed E-state index contributed by atoms with van der Waals surface area (Å²) in [6.07, 6.45) is 0. The second kappa shape index (κ2) is 5.14. The van der Waals surface area contributed by atoms with Crippen molar-refractivity contribution >= 4 is 11.7 Å². The first-order valence-corrected chi connectivity index (χ1v) is 4.68. The largest absolute Gasteiger partial charge is 0.494 e. The lowest BCUT2D eigenvalue weighted by molar-refractivity contribution is -0.116. The van der Waals surface area contributed by atoms with E-state index in [0.717, 1.165) is 0 Å². The van der Waals surface area contributed by atoms with E-state index in [-0.39, 0.29) is 0 Å². The quantitative estimate of drug-likeness (QED) is 0.592. The number of carbonyl (C=O) groups excluding carboxylic acids is 2. The third-order valence-corrected chi connectivity index (χ3v) is 1.86. The Bertz CT molecular complexity index is 357. The van der Waals surface area contributed by atoms with Crippen molar-refractivity contribution in [3.63, 3.8) is 0 Å². The van der Waals surface area contributed by atoms with Crippen LogP contribution in [0.3, 0.4) is 0 Å². The van der Waals surface area contributed by atoms with E-state index in [2.05, 4.69) is 5.32 Å². The summed E-state index contributed by atoms with van der Waals surface area (Å²) >= 11 is 0. The average molecular weight is 207 g/mol. The first kappa shape index (κ1) is 11.2. The maximum atomic E-state index is 11.4. The second-order valence-corrected chi connectivity index (χ2v) is 2.87. The third kappa shape index (κ3) is 2.80. The number of amides is 1. The molecule has 0 unspecified atom stereocenters. The molecule has 0 spiro atoms. The van der Waals surface area contributed by atoms with Gasteiger partial charge in [-0.05, 0) is 31.2 Å². The Morgan fingerprint density at radius 2 is 1.87 bits per heavy atom. The van der Waals surface area contributed by atoms with Gasteiger partial charge in [0.25, 0.3) is 5.91 Å². The first-order valence-electron chi connectivity index (χ1n) is 4.68. The summed E-state index contributed by atoms with van der Waals surface area (Å²) in [5.74, 6) is -0.467. The summed E-state index contributed by atoms with van der Waals surface area (Å²) in [6.45, 7) is 2.45. The molecule has 0 atom stereocenters. The summed E-state index contributed by atoms with van der Waals surface area (Å²) in [5.41, 5.74) is 0.359. The molecule has 1 aromatic rings. The minimum Gasteiger partial charge on any atom is -0.494 e. The summed E-state index contributed by atoms with van der Waals surface area (Å²) < 4.78 is 5.22. The molecule has 1 aromatic carbocycles. The number of Topliss-reactive ketones (excluding diaryl/α,β-unsaturated/α-hetero) is 1. The number of hydrogen-bond donors (Lipinski definition) is 1. The molecule has 4 heteroatoms. The van der Waals surface area contributed by atoms with Crippen LogP contribution in [0.2, 0.25) is 0 Å². The number of ether oxygens (including phenoxy) is 1. The fourth-order valence-electron chi connectivity index (χ4n) is 1.11. The zero-order valence-electron chi connectivity index (χ0n) is 8.74. The first-order chi connectivity index (χ1) is 7.19. The zero-order chi connectivity index (χ0) is 11.3. The fourth-order valence-corrected chi connectivity index (χ4v) is 1.11. The van der Waals surface area contributed by atoms with Gasteiger partial charge in [-0.1, -0.05) is 0 Å². The van der Waals surface area contributed by atoms with Gasteiger partial charge in [-0.3, -0.25) is 9.59 Å². The molecule has 0 heterocycles. The Kier molecular flexibility index (Phi) is 3.85. The van der Waals surface area contributed by atoms with E-state index in [1.807, 2.05) is 6.92 Å². The molecule has 0 aliphatic heterocycles. The van der Waals surface area contributed by atoms with Crippen LogP contribution in [0.25, 0.3) is 0 Å². The van der Waals surface area contributed by atoms with E-state index >= 15 is 0 Å². The molecule has 0 bridgehead atoms. The molecule has 0 aliphatic rings. The van der Waals surface area contributed by atoms with Gasteiger partial charge in [-0.15, -0.1) is 0 Å². The highest BCUT2D eigenvalue weighted by Crippen LogP contribution is 2.12. The molecule has 0 saturated carbocycles. The SMILES string of the molecule is CCOc1ccc(C(=O)C(=O)NC)cc1. The molecule has 1 rings (SSSR count). The highest BCUT2D eigenvalue weighted by Gasteiger charge is 2.13. The van der Waals surface area contributed by atoms with Crippen molar-refractivity contribution < 1.29 is 14.3 Å². The standard InChI is InChI=1S/C11H13NO3/c1-3-15-9-6-4-8(5-7-9)10(13)11(14)12-2/h4-7H,3H2,1-2H3,(H,12,14). The minimum absolute atomic E-state index is 0.359. The second-order valence-electron chi connectivity index (χ2n) is 2.87. The summed E-state index contributed by atoms with van der Waals surface area (Å²) in [4.78, 5) is 22.4. The summed E-state index contributed by atoms with van der Waals surface area (Å²) in [7, 11) is 1.43. The number of hydrogen-bond acceptors (Lipinski definition) is 3. The molecule has 0 fully saturated rings. The lowest BCUT2D eigenvalue weighted by atomic mass is 10.1. The lowest BCUT2D eigenvalue weighted by Crippen LogP contribution is -2.27. The molecule has 0 aliphatic carbocycles. The predicted octanol–water partition coefficient (Wildman–Crippen LogP) is 1.01. The average Bonchev–Trinajstić information content (AvgIpc) is 2.28. The molecule has 1 amide bonds. The van der Waals surface area contributed by atoms with Gasteiger partial charge in [0.05, 0.1) is 6.61 Å². The van der Waals surface area contributed by atoms with Crippen LogP contribution >= 0.6 is 0 Å². The number of ketones is 1. The van der Waals surface area contributed by atoms with Crippen LogP contribution in [0, 0.1) is 0 Å². The third-order valence-electron chi connectivity index (χ3n) is 1.86. The van der Waals surface area contributed by atoms with Crippen molar-refractivity contribution in [1.29, 1.82) is 0 Å². The topological polar surface area (TPSA) is 55.4 Å². The van der Waals surface area contributed by atoms with Gasteiger partial charge in [0.1, 0.15) is 5.75 Å². The van der Waals surface area contributed by atoms with E-state index in [1.54, 1.807) is 24.3 Å². The van der Waals surface area contributed by atoms with E-state index in [9.17, 15) is 9.59 Å². The monoisotopic (exact) mass is 207 g/mol. The Morgan fingerprint density at radius 1 is 1.27 bits per heavy atom. The smallest absolute Gasteiger partial charge is 0.292 e. The lowest BCUT2D eigenvalue weighted by Gasteiger charge is -2.03. The van der Waals surface area contributed by atoms with E-state index in [4.69, 9.17) is 4.74 Å². The van der Waals surface area contributed by atoms with Crippen LogP contribution in [0.4, 0.5) is 0 Å². The molecule has 15 heavy (non-hydrogen) atoms. The number of benzene rings is 1. The van der Waals surface area contributed by atoms with E-state index in [1.165, 1.54) is 7.05 Å². The normalized spacial score (nSPS) is 9.47. The molecule has 0 radical (unpaired) electrons. The van der Waals surface area contributed by atoms with Crippen molar-refractivity contribution in [3.05, 3.63) is 29.8 Å². The Morgan fingerprint density at radius 3 is 2.33 bits per heavy atom. The Labute approximate surface area is 88.2 Å². The van der Waals surface area contributed by atoms with E-state index < -0.39 is 11.7 Å². The molecule has 1 N–H and O–H groups in total. The van der Waals surface area contributed by atoms with Crippen molar-refractivity contribution in [2.75, 3.05) is 13.7 Å². The number of nitrogens with one attached hydrogen (secondary N) is 1. The molecule has 4 nitrogen and oxygen atoms in total. The zero-order valence-corrected chi connectivity index (χ0v) is 8.74. The highest BCUT2D eigenvalue weighted by atomic mass is 16.5. The van der Waals surface area contributed by atoms with Crippen molar-refractivity contribution in [2.45, 2.75) is 6.92 Å². The van der Waals surface area contributed by atoms with Gasteiger partial charge < -0.3 is 10.1 Å². The van der Waals surface area contributed by atoms with Gasteiger partial charge in [0.2, 0.25) is 5.78 Å². The highest BCUT2D eigenvalue weighted by molar-refractivity contribution is 6.42. The van der Waals surface area contributed by atoms with Crippen LogP contribution in [0.5, 0.6) is 5.75 Å². The van der Waals surface area contributed by atoms with Gasteiger partial charge >= 0.3 is 0 Å². The molecular weight excluding hydrogens is 194 g/mol. The van der Waals surface area contributed by atoms with Gasteiger partial charge in [0, 0.05) is 12.6 Å². The molecule has 0 aromatic heterocycles. The fraction of sp³-hybridized carbons (Fsp3) is 0.273. The van der Waals surface area contributed by atoms with E-state index in [0.29, 0.717) is 17.9 Å². The van der Waals surface area contributed by atoms with Crippen LogP contribution in [0.15, 0.2) is 24.3 Å². The van der Waals surface area contributed by atoms with Crippen LogP contribution in [-0.2, 0) is 4.79 Å². The van der Waals surface area contributed by atoms with Crippen molar-refractivity contribution in [1.82, 2.24) is 5.32 Å². The van der Waals surface area contributed by atoms with Crippen LogP contribution in [0.1, 0.15) is 17.3 Å².